The van der Waals surface area contributed by atoms with Crippen molar-refractivity contribution in [3.05, 3.63) is 83.9 Å². The Morgan fingerprint density at radius 2 is 1.55 bits per heavy atom. The van der Waals surface area contributed by atoms with Crippen molar-refractivity contribution in [2.24, 2.45) is 0 Å². The fourth-order valence-electron chi connectivity index (χ4n) is 3.75. The van der Waals surface area contributed by atoms with Gasteiger partial charge in [-0.2, -0.15) is 0 Å². The lowest BCUT2D eigenvalue weighted by Crippen LogP contribution is -2.37. The summed E-state index contributed by atoms with van der Waals surface area (Å²) in [7, 11) is 0. The molecule has 3 aromatic carbocycles. The number of carbonyl (C=O) groups excluding carboxylic acids is 3. The third-order valence-electron chi connectivity index (χ3n) is 5.40. The monoisotopic (exact) mass is 416 g/mol. The molecule has 6 heteroatoms. The first-order valence-electron chi connectivity index (χ1n) is 10.4. The van der Waals surface area contributed by atoms with E-state index in [4.69, 9.17) is 4.74 Å². The van der Waals surface area contributed by atoms with Crippen molar-refractivity contribution in [3.8, 4) is 0 Å². The highest BCUT2D eigenvalue weighted by molar-refractivity contribution is 5.99. The molecule has 3 aromatic rings. The van der Waals surface area contributed by atoms with Crippen molar-refractivity contribution in [2.75, 3.05) is 19.6 Å². The van der Waals surface area contributed by atoms with Gasteiger partial charge in [-0.3, -0.25) is 14.4 Å². The predicted octanol–water partition coefficient (Wildman–Crippen LogP) is 3.48. The number of hydrogen-bond donors (Lipinski definition) is 1. The Morgan fingerprint density at radius 1 is 0.871 bits per heavy atom. The van der Waals surface area contributed by atoms with E-state index in [9.17, 15) is 14.4 Å². The maximum absolute atomic E-state index is 12.9. The van der Waals surface area contributed by atoms with Crippen molar-refractivity contribution < 1.29 is 19.1 Å². The topological polar surface area (TPSA) is 75.7 Å². The number of rotatable bonds is 6. The molecule has 0 radical (unpaired) electrons. The molecule has 0 aromatic heterocycles. The molecule has 1 N–H and O–H groups in total. The molecule has 1 saturated heterocycles. The van der Waals surface area contributed by atoms with Crippen LogP contribution in [-0.4, -0.2) is 42.3 Å². The van der Waals surface area contributed by atoms with E-state index in [0.717, 1.165) is 23.6 Å². The number of ether oxygens (including phenoxy) is 1. The number of amides is 2. The predicted molar refractivity (Wildman–Crippen MR) is 117 cm³/mol. The molecule has 1 fully saturated rings. The number of esters is 1. The molecular formula is C25H24N2O4. The Labute approximate surface area is 180 Å². The van der Waals surface area contributed by atoms with Gasteiger partial charge in [-0.25, -0.2) is 0 Å². The molecule has 6 nitrogen and oxygen atoms in total. The van der Waals surface area contributed by atoms with Crippen LogP contribution in [0.25, 0.3) is 10.8 Å². The number of nitrogens with zero attached hydrogens (tertiary/aromatic N) is 1. The molecule has 158 valence electrons. The number of hydrogen-bond acceptors (Lipinski definition) is 4. The van der Waals surface area contributed by atoms with Gasteiger partial charge in [0.1, 0.15) is 6.54 Å². The molecule has 0 spiro atoms. The second kappa shape index (κ2) is 9.43. The number of benzene rings is 3. The summed E-state index contributed by atoms with van der Waals surface area (Å²) in [5, 5.41) is 4.57. The van der Waals surface area contributed by atoms with Crippen LogP contribution in [0.15, 0.2) is 72.8 Å². The Kier molecular flexibility index (Phi) is 6.26. The molecule has 0 aliphatic carbocycles. The summed E-state index contributed by atoms with van der Waals surface area (Å²) in [6, 6.07) is 22.1. The zero-order valence-electron chi connectivity index (χ0n) is 17.1. The van der Waals surface area contributed by atoms with E-state index >= 15 is 0 Å². The van der Waals surface area contributed by atoms with E-state index in [2.05, 4.69) is 5.32 Å². The van der Waals surface area contributed by atoms with Crippen LogP contribution in [0.5, 0.6) is 0 Å². The molecule has 1 atom stereocenters. The average molecular weight is 416 g/mol. The van der Waals surface area contributed by atoms with Crippen molar-refractivity contribution >= 4 is 28.6 Å². The van der Waals surface area contributed by atoms with Gasteiger partial charge in [0.05, 0.1) is 0 Å². The van der Waals surface area contributed by atoms with Crippen molar-refractivity contribution in [1.29, 1.82) is 0 Å². The summed E-state index contributed by atoms with van der Waals surface area (Å²) in [6.45, 7) is 1.01. The largest absolute Gasteiger partial charge is 0.446 e. The first kappa shape index (κ1) is 20.6. The minimum absolute atomic E-state index is 0.224. The van der Waals surface area contributed by atoms with Crippen LogP contribution in [0.1, 0.15) is 34.9 Å². The molecule has 1 aliphatic rings. The lowest BCUT2D eigenvalue weighted by atomic mass is 10.1. The van der Waals surface area contributed by atoms with E-state index in [-0.39, 0.29) is 18.4 Å². The third kappa shape index (κ3) is 4.91. The summed E-state index contributed by atoms with van der Waals surface area (Å²) in [5.41, 5.74) is 1.08. The van der Waals surface area contributed by atoms with Gasteiger partial charge >= 0.3 is 5.97 Å². The minimum Gasteiger partial charge on any atom is -0.446 e. The van der Waals surface area contributed by atoms with E-state index < -0.39 is 12.1 Å². The van der Waals surface area contributed by atoms with Gasteiger partial charge in [-0.05, 0) is 35.7 Å². The lowest BCUT2D eigenvalue weighted by Gasteiger charge is -2.23. The van der Waals surface area contributed by atoms with Crippen LogP contribution >= 0.6 is 0 Å². The highest BCUT2D eigenvalue weighted by Crippen LogP contribution is 2.23. The lowest BCUT2D eigenvalue weighted by molar-refractivity contribution is -0.159. The summed E-state index contributed by atoms with van der Waals surface area (Å²) < 4.78 is 5.52. The fraction of sp³-hybridized carbons (Fsp3) is 0.240. The smallest absolute Gasteiger partial charge is 0.326 e. The molecule has 1 aliphatic heterocycles. The normalized spacial score (nSPS) is 14.3. The van der Waals surface area contributed by atoms with E-state index in [0.29, 0.717) is 24.2 Å². The zero-order valence-corrected chi connectivity index (χ0v) is 17.1. The van der Waals surface area contributed by atoms with Crippen LogP contribution in [0.2, 0.25) is 0 Å². The number of carbonyl (C=O) groups is 3. The van der Waals surface area contributed by atoms with Gasteiger partial charge in [-0.15, -0.1) is 0 Å². The highest BCUT2D eigenvalue weighted by atomic mass is 16.5. The molecule has 0 bridgehead atoms. The molecule has 2 amide bonds. The van der Waals surface area contributed by atoms with E-state index in [1.54, 1.807) is 41.3 Å². The van der Waals surface area contributed by atoms with Crippen LogP contribution < -0.4 is 5.32 Å². The maximum atomic E-state index is 12.9. The van der Waals surface area contributed by atoms with Gasteiger partial charge in [0, 0.05) is 24.2 Å². The van der Waals surface area contributed by atoms with Gasteiger partial charge in [0.25, 0.3) is 11.8 Å². The van der Waals surface area contributed by atoms with Gasteiger partial charge in [-0.1, -0.05) is 60.7 Å². The average Bonchev–Trinajstić information content (AvgIpc) is 3.36. The Balaban J connectivity index is 1.41. The van der Waals surface area contributed by atoms with Crippen LogP contribution in [0, 0.1) is 0 Å². The third-order valence-corrected chi connectivity index (χ3v) is 5.40. The SMILES string of the molecule is O=C(CNC(=O)c1ccc2ccccc2c1)O[C@@H](C(=O)N1CCCC1)c1ccccc1. The van der Waals surface area contributed by atoms with Crippen molar-refractivity contribution in [1.82, 2.24) is 10.2 Å². The van der Waals surface area contributed by atoms with Crippen molar-refractivity contribution in [2.45, 2.75) is 18.9 Å². The Bertz CT molecular complexity index is 1090. The van der Waals surface area contributed by atoms with Gasteiger partial charge in [0.15, 0.2) is 0 Å². The summed E-state index contributed by atoms with van der Waals surface area (Å²) in [5.74, 6) is -1.25. The fourth-order valence-corrected chi connectivity index (χ4v) is 3.75. The first-order valence-corrected chi connectivity index (χ1v) is 10.4. The molecule has 4 rings (SSSR count). The molecule has 1 heterocycles. The van der Waals surface area contributed by atoms with E-state index in [1.807, 2.05) is 36.4 Å². The maximum Gasteiger partial charge on any atom is 0.326 e. The molecule has 0 saturated carbocycles. The van der Waals surface area contributed by atoms with Gasteiger partial charge in [0.2, 0.25) is 6.10 Å². The van der Waals surface area contributed by atoms with E-state index in [1.165, 1.54) is 0 Å². The summed E-state index contributed by atoms with van der Waals surface area (Å²) >= 11 is 0. The Hall–Kier alpha value is -3.67. The minimum atomic E-state index is -1.01. The summed E-state index contributed by atoms with van der Waals surface area (Å²) in [4.78, 5) is 39.6. The second-order valence-corrected chi connectivity index (χ2v) is 7.56. The number of fused-ring (bicyclic) bond motifs is 1. The first-order chi connectivity index (χ1) is 15.1. The summed E-state index contributed by atoms with van der Waals surface area (Å²) in [6.07, 6.45) is 0.885. The second-order valence-electron chi connectivity index (χ2n) is 7.56. The molecule has 31 heavy (non-hydrogen) atoms. The quantitative estimate of drug-likeness (QED) is 0.625. The van der Waals surface area contributed by atoms with Crippen LogP contribution in [0.4, 0.5) is 0 Å². The number of likely N-dealkylation sites (tertiary alicyclic amines) is 1. The standard InChI is InChI=1S/C25H24N2O4/c28-22(17-26-24(29)21-13-12-18-8-4-5-11-20(18)16-21)31-23(19-9-2-1-3-10-19)25(30)27-14-6-7-15-27/h1-5,8-13,16,23H,6-7,14-15,17H2,(H,26,29)/t23-/m1/s1. The van der Waals surface area contributed by atoms with Crippen LogP contribution in [0.3, 0.4) is 0 Å². The Morgan fingerprint density at radius 3 is 2.29 bits per heavy atom. The van der Waals surface area contributed by atoms with Gasteiger partial charge < -0.3 is 15.0 Å². The number of nitrogens with one attached hydrogen (secondary N) is 1. The van der Waals surface area contributed by atoms with Crippen LogP contribution in [-0.2, 0) is 14.3 Å². The molecular weight excluding hydrogens is 392 g/mol. The molecule has 0 unspecified atom stereocenters. The van der Waals surface area contributed by atoms with Crippen molar-refractivity contribution in [3.63, 3.8) is 0 Å². The highest BCUT2D eigenvalue weighted by Gasteiger charge is 2.30. The zero-order chi connectivity index (χ0) is 21.6.